The molecule has 1 heterocycles. The van der Waals surface area contributed by atoms with Gasteiger partial charge < -0.3 is 23.7 Å². The maximum atomic E-state index is 11.3. The van der Waals surface area contributed by atoms with Crippen molar-refractivity contribution in [1.29, 1.82) is 0 Å². The zero-order valence-corrected chi connectivity index (χ0v) is 14.2. The summed E-state index contributed by atoms with van der Waals surface area (Å²) in [5, 5.41) is 0.547. The van der Waals surface area contributed by atoms with Crippen LogP contribution in [0.5, 0.6) is 0 Å². The van der Waals surface area contributed by atoms with E-state index in [1.807, 2.05) is 0 Å². The van der Waals surface area contributed by atoms with Crippen molar-refractivity contribution in [3.63, 3.8) is 0 Å². The fourth-order valence-electron chi connectivity index (χ4n) is 2.01. The fraction of sp³-hybridized carbons (Fsp3) is 0.769. The van der Waals surface area contributed by atoms with Crippen molar-refractivity contribution in [3.05, 3.63) is 0 Å². The van der Waals surface area contributed by atoms with Crippen LogP contribution in [0.2, 0.25) is 0 Å². The molecular formula is C13H19BrO8. The first-order chi connectivity index (χ1) is 10.3. The molecule has 1 aliphatic heterocycles. The van der Waals surface area contributed by atoms with Crippen molar-refractivity contribution < 1.29 is 38.1 Å². The van der Waals surface area contributed by atoms with E-state index in [2.05, 4.69) is 15.9 Å². The topological polar surface area (TPSA) is 97.4 Å². The van der Waals surface area contributed by atoms with E-state index in [0.717, 1.165) is 0 Å². The van der Waals surface area contributed by atoms with E-state index in [-0.39, 0.29) is 6.61 Å². The molecule has 9 heteroatoms. The lowest BCUT2D eigenvalue weighted by molar-refractivity contribution is -0.279. The standard InChI is InChI=1S/C13H19BrO8/c1-7(15)20-10-6-19-13(18-5-4-14)12(22-9(3)17)11(10)21-8(2)16/h10-13H,4-6H2,1-3H3/t10-,11+,12-,13+/m1/s1. The van der Waals surface area contributed by atoms with E-state index < -0.39 is 42.5 Å². The highest BCUT2D eigenvalue weighted by Gasteiger charge is 2.47. The van der Waals surface area contributed by atoms with E-state index >= 15 is 0 Å². The van der Waals surface area contributed by atoms with Crippen LogP contribution < -0.4 is 0 Å². The Bertz CT molecular complexity index is 413. The predicted octanol–water partition coefficient (Wildman–Crippen LogP) is 0.549. The van der Waals surface area contributed by atoms with Gasteiger partial charge in [-0.1, -0.05) is 15.9 Å². The molecule has 1 rings (SSSR count). The Morgan fingerprint density at radius 3 is 2.05 bits per heavy atom. The van der Waals surface area contributed by atoms with Crippen LogP contribution in [0.4, 0.5) is 0 Å². The number of ether oxygens (including phenoxy) is 5. The average Bonchev–Trinajstić information content (AvgIpc) is 2.40. The van der Waals surface area contributed by atoms with Crippen molar-refractivity contribution >= 4 is 33.8 Å². The molecule has 1 fully saturated rings. The number of hydrogen-bond donors (Lipinski definition) is 0. The molecule has 0 bridgehead atoms. The first-order valence-electron chi connectivity index (χ1n) is 6.66. The lowest BCUT2D eigenvalue weighted by Crippen LogP contribution is -2.58. The monoisotopic (exact) mass is 382 g/mol. The van der Waals surface area contributed by atoms with E-state index in [9.17, 15) is 14.4 Å². The molecule has 0 aromatic heterocycles. The van der Waals surface area contributed by atoms with E-state index in [1.54, 1.807) is 0 Å². The maximum absolute atomic E-state index is 11.3. The molecule has 4 atom stereocenters. The minimum Gasteiger partial charge on any atom is -0.456 e. The third kappa shape index (κ3) is 5.90. The van der Waals surface area contributed by atoms with Gasteiger partial charge in [-0.2, -0.15) is 0 Å². The second-order valence-electron chi connectivity index (χ2n) is 4.56. The molecule has 0 saturated carbocycles. The molecule has 0 spiro atoms. The van der Waals surface area contributed by atoms with Gasteiger partial charge in [0.25, 0.3) is 0 Å². The summed E-state index contributed by atoms with van der Waals surface area (Å²) in [7, 11) is 0. The van der Waals surface area contributed by atoms with Crippen molar-refractivity contribution in [2.24, 2.45) is 0 Å². The van der Waals surface area contributed by atoms with E-state index in [1.165, 1.54) is 20.8 Å². The van der Waals surface area contributed by atoms with Crippen LogP contribution in [0.15, 0.2) is 0 Å². The van der Waals surface area contributed by atoms with Gasteiger partial charge in [0.05, 0.1) is 13.2 Å². The van der Waals surface area contributed by atoms with Crippen LogP contribution in [0.1, 0.15) is 20.8 Å². The second kappa shape index (κ2) is 9.06. The van der Waals surface area contributed by atoms with Gasteiger partial charge in [-0.15, -0.1) is 0 Å². The molecule has 22 heavy (non-hydrogen) atoms. The summed E-state index contributed by atoms with van der Waals surface area (Å²) >= 11 is 3.20. The summed E-state index contributed by atoms with van der Waals surface area (Å²) in [4.78, 5) is 33.8. The van der Waals surface area contributed by atoms with Crippen molar-refractivity contribution in [2.75, 3.05) is 18.5 Å². The largest absolute Gasteiger partial charge is 0.456 e. The number of halogens is 1. The van der Waals surface area contributed by atoms with Gasteiger partial charge in [0.15, 0.2) is 24.6 Å². The minimum absolute atomic E-state index is 0.0394. The molecule has 8 nitrogen and oxygen atoms in total. The van der Waals surface area contributed by atoms with Crippen LogP contribution in [-0.4, -0.2) is 61.1 Å². The molecule has 0 amide bonds. The van der Waals surface area contributed by atoms with Gasteiger partial charge in [-0.3, -0.25) is 14.4 Å². The number of carbonyl (C=O) groups excluding carboxylic acids is 3. The zero-order valence-electron chi connectivity index (χ0n) is 12.6. The van der Waals surface area contributed by atoms with Gasteiger partial charge in [-0.05, 0) is 0 Å². The Kier molecular flexibility index (Phi) is 7.77. The fourth-order valence-corrected chi connectivity index (χ4v) is 2.20. The number of carbonyl (C=O) groups is 3. The highest BCUT2D eigenvalue weighted by molar-refractivity contribution is 9.09. The molecule has 0 unspecified atom stereocenters. The third-order valence-electron chi connectivity index (χ3n) is 2.66. The highest BCUT2D eigenvalue weighted by Crippen LogP contribution is 2.25. The van der Waals surface area contributed by atoms with Gasteiger partial charge >= 0.3 is 17.9 Å². The van der Waals surface area contributed by atoms with Gasteiger partial charge in [-0.25, -0.2) is 0 Å². The van der Waals surface area contributed by atoms with Crippen LogP contribution in [0.25, 0.3) is 0 Å². The Morgan fingerprint density at radius 1 is 1.00 bits per heavy atom. The summed E-state index contributed by atoms with van der Waals surface area (Å²) in [6.45, 7) is 3.90. The number of alkyl halides is 1. The predicted molar refractivity (Wildman–Crippen MR) is 76.1 cm³/mol. The maximum Gasteiger partial charge on any atom is 0.303 e. The molecule has 0 radical (unpaired) electrons. The summed E-state index contributed by atoms with van der Waals surface area (Å²) in [6.07, 6.45) is -3.83. The smallest absolute Gasteiger partial charge is 0.303 e. The lowest BCUT2D eigenvalue weighted by Gasteiger charge is -2.40. The zero-order chi connectivity index (χ0) is 16.7. The van der Waals surface area contributed by atoms with Crippen molar-refractivity contribution in [1.82, 2.24) is 0 Å². The molecule has 0 aromatic carbocycles. The molecule has 0 N–H and O–H groups in total. The molecular weight excluding hydrogens is 364 g/mol. The van der Waals surface area contributed by atoms with Crippen LogP contribution in [0, 0.1) is 0 Å². The number of esters is 3. The normalized spacial score (nSPS) is 27.8. The summed E-state index contributed by atoms with van der Waals surface area (Å²) in [5.41, 5.74) is 0. The number of hydrogen-bond acceptors (Lipinski definition) is 8. The van der Waals surface area contributed by atoms with Crippen molar-refractivity contribution in [2.45, 2.75) is 45.4 Å². The Hall–Kier alpha value is -1.19. The summed E-state index contributed by atoms with van der Waals surface area (Å²) in [6, 6.07) is 0. The van der Waals surface area contributed by atoms with E-state index in [4.69, 9.17) is 23.7 Å². The molecule has 1 aliphatic rings. The van der Waals surface area contributed by atoms with Crippen molar-refractivity contribution in [3.8, 4) is 0 Å². The second-order valence-corrected chi connectivity index (χ2v) is 5.35. The first-order valence-corrected chi connectivity index (χ1v) is 7.78. The van der Waals surface area contributed by atoms with Crippen LogP contribution in [-0.2, 0) is 38.1 Å². The average molecular weight is 383 g/mol. The van der Waals surface area contributed by atoms with Gasteiger partial charge in [0.2, 0.25) is 0 Å². The highest BCUT2D eigenvalue weighted by atomic mass is 79.9. The summed E-state index contributed by atoms with van der Waals surface area (Å²) in [5.74, 6) is -1.76. The third-order valence-corrected chi connectivity index (χ3v) is 2.99. The lowest BCUT2D eigenvalue weighted by atomic mass is 10.0. The SMILES string of the molecule is CC(=O)O[C@@H]1[C@@H](OC(C)=O)[C@@H](OCCBr)OC[C@H]1OC(C)=O. The molecule has 0 aliphatic carbocycles. The Balaban J connectivity index is 2.95. The molecule has 126 valence electrons. The first kappa shape index (κ1) is 18.9. The minimum atomic E-state index is -1.03. The quantitative estimate of drug-likeness (QED) is 0.373. The molecule has 0 aromatic rings. The van der Waals surface area contributed by atoms with Gasteiger partial charge in [0.1, 0.15) is 0 Å². The van der Waals surface area contributed by atoms with E-state index in [0.29, 0.717) is 11.9 Å². The molecule has 1 saturated heterocycles. The van der Waals surface area contributed by atoms with Crippen LogP contribution in [0.3, 0.4) is 0 Å². The Morgan fingerprint density at radius 2 is 1.55 bits per heavy atom. The van der Waals surface area contributed by atoms with Gasteiger partial charge in [0, 0.05) is 26.1 Å². The Labute approximate surface area is 136 Å². The van der Waals surface area contributed by atoms with Crippen LogP contribution >= 0.6 is 15.9 Å². The number of rotatable bonds is 6. The summed E-state index contributed by atoms with van der Waals surface area (Å²) < 4.78 is 26.3.